The van der Waals surface area contributed by atoms with Gasteiger partial charge < -0.3 is 15.2 Å². The van der Waals surface area contributed by atoms with Crippen LogP contribution in [0, 0.1) is 0 Å². The van der Waals surface area contributed by atoms with Gasteiger partial charge in [-0.1, -0.05) is 0 Å². The Morgan fingerprint density at radius 3 is 2.80 bits per heavy atom. The van der Waals surface area contributed by atoms with Gasteiger partial charge in [-0.2, -0.15) is 0 Å². The van der Waals surface area contributed by atoms with Crippen LogP contribution < -0.4 is 10.6 Å². The molecule has 0 saturated carbocycles. The predicted molar refractivity (Wildman–Crippen MR) is 64.1 cm³/mol. The molecule has 2 N–H and O–H groups in total. The van der Waals surface area contributed by atoms with Gasteiger partial charge in [-0.25, -0.2) is 4.98 Å². The SMILES string of the molecule is CCn1ccnc1N(CCCN)C(C)C. The first-order chi connectivity index (χ1) is 7.20. The van der Waals surface area contributed by atoms with Crippen molar-refractivity contribution in [2.24, 2.45) is 5.73 Å². The van der Waals surface area contributed by atoms with Gasteiger partial charge in [-0.3, -0.25) is 0 Å². The van der Waals surface area contributed by atoms with Crippen LogP contribution in [0.1, 0.15) is 27.2 Å². The summed E-state index contributed by atoms with van der Waals surface area (Å²) in [6, 6.07) is 0.462. The minimum atomic E-state index is 0.462. The number of hydrogen-bond acceptors (Lipinski definition) is 3. The van der Waals surface area contributed by atoms with Crippen molar-refractivity contribution >= 4 is 5.95 Å². The van der Waals surface area contributed by atoms with Crippen LogP contribution in [0.25, 0.3) is 0 Å². The monoisotopic (exact) mass is 210 g/mol. The Kier molecular flexibility index (Phi) is 4.62. The van der Waals surface area contributed by atoms with E-state index in [0.29, 0.717) is 6.04 Å². The average Bonchev–Trinajstić information content (AvgIpc) is 2.66. The van der Waals surface area contributed by atoms with E-state index in [1.165, 1.54) is 0 Å². The third kappa shape index (κ3) is 2.96. The van der Waals surface area contributed by atoms with Crippen molar-refractivity contribution in [3.8, 4) is 0 Å². The van der Waals surface area contributed by atoms with Crippen molar-refractivity contribution in [1.29, 1.82) is 0 Å². The van der Waals surface area contributed by atoms with E-state index in [4.69, 9.17) is 5.73 Å². The maximum Gasteiger partial charge on any atom is 0.205 e. The smallest absolute Gasteiger partial charge is 0.205 e. The lowest BCUT2D eigenvalue weighted by Crippen LogP contribution is -2.35. The summed E-state index contributed by atoms with van der Waals surface area (Å²) in [5.41, 5.74) is 5.55. The Labute approximate surface area is 92.1 Å². The van der Waals surface area contributed by atoms with E-state index in [-0.39, 0.29) is 0 Å². The van der Waals surface area contributed by atoms with Crippen molar-refractivity contribution < 1.29 is 0 Å². The molecule has 0 atom stereocenters. The molecule has 0 unspecified atom stereocenters. The molecule has 0 aliphatic heterocycles. The first-order valence-electron chi connectivity index (χ1n) is 5.68. The third-order valence-electron chi connectivity index (χ3n) is 2.52. The highest BCUT2D eigenvalue weighted by Crippen LogP contribution is 2.14. The Balaban J connectivity index is 2.78. The molecule has 0 amide bonds. The van der Waals surface area contributed by atoms with Crippen molar-refractivity contribution in [2.45, 2.75) is 39.8 Å². The van der Waals surface area contributed by atoms with Gasteiger partial charge >= 0.3 is 0 Å². The van der Waals surface area contributed by atoms with Gasteiger partial charge in [0.1, 0.15) is 0 Å². The lowest BCUT2D eigenvalue weighted by molar-refractivity contribution is 0.613. The van der Waals surface area contributed by atoms with Crippen LogP contribution in [0.15, 0.2) is 12.4 Å². The maximum atomic E-state index is 5.55. The Morgan fingerprint density at radius 1 is 1.53 bits per heavy atom. The number of aryl methyl sites for hydroxylation is 1. The first-order valence-corrected chi connectivity index (χ1v) is 5.68. The predicted octanol–water partition coefficient (Wildman–Crippen LogP) is 1.47. The van der Waals surface area contributed by atoms with Gasteiger partial charge in [0.15, 0.2) is 0 Å². The molecule has 1 aromatic rings. The van der Waals surface area contributed by atoms with Crippen LogP contribution in [-0.2, 0) is 6.54 Å². The van der Waals surface area contributed by atoms with Crippen LogP contribution in [0.4, 0.5) is 5.95 Å². The zero-order chi connectivity index (χ0) is 11.3. The molecule has 0 bridgehead atoms. The minimum absolute atomic E-state index is 0.462. The molecule has 1 heterocycles. The summed E-state index contributed by atoms with van der Waals surface area (Å²) in [4.78, 5) is 6.71. The molecule has 0 aromatic carbocycles. The van der Waals surface area contributed by atoms with E-state index >= 15 is 0 Å². The molecular weight excluding hydrogens is 188 g/mol. The highest BCUT2D eigenvalue weighted by molar-refractivity contribution is 5.32. The standard InChI is InChI=1S/C11H22N4/c1-4-14-9-7-13-11(14)15(10(2)3)8-5-6-12/h7,9-10H,4-6,8,12H2,1-3H3. The highest BCUT2D eigenvalue weighted by atomic mass is 15.3. The molecule has 1 aromatic heterocycles. The first kappa shape index (κ1) is 12.0. The highest BCUT2D eigenvalue weighted by Gasteiger charge is 2.14. The van der Waals surface area contributed by atoms with E-state index in [1.807, 2.05) is 12.4 Å². The normalized spacial score (nSPS) is 11.0. The second-order valence-corrected chi connectivity index (χ2v) is 3.94. The average molecular weight is 210 g/mol. The summed E-state index contributed by atoms with van der Waals surface area (Å²) in [5, 5.41) is 0. The molecule has 0 fully saturated rings. The van der Waals surface area contributed by atoms with Gasteiger partial charge in [-0.15, -0.1) is 0 Å². The fourth-order valence-electron chi connectivity index (χ4n) is 1.66. The van der Waals surface area contributed by atoms with Crippen molar-refractivity contribution in [3.63, 3.8) is 0 Å². The molecule has 0 radical (unpaired) electrons. The molecule has 1 rings (SSSR count). The second kappa shape index (κ2) is 5.75. The summed E-state index contributed by atoms with van der Waals surface area (Å²) >= 11 is 0. The lowest BCUT2D eigenvalue weighted by Gasteiger charge is -2.28. The number of anilines is 1. The second-order valence-electron chi connectivity index (χ2n) is 3.94. The van der Waals surface area contributed by atoms with Gasteiger partial charge in [0.25, 0.3) is 0 Å². The molecule has 15 heavy (non-hydrogen) atoms. The summed E-state index contributed by atoms with van der Waals surface area (Å²) in [7, 11) is 0. The van der Waals surface area contributed by atoms with E-state index in [2.05, 4.69) is 35.2 Å². The zero-order valence-electron chi connectivity index (χ0n) is 9.98. The van der Waals surface area contributed by atoms with Crippen LogP contribution in [0.2, 0.25) is 0 Å². The lowest BCUT2D eigenvalue weighted by atomic mass is 10.3. The molecular formula is C11H22N4. The number of nitrogens with zero attached hydrogens (tertiary/aromatic N) is 3. The minimum Gasteiger partial charge on any atom is -0.340 e. The maximum absolute atomic E-state index is 5.55. The molecule has 4 nitrogen and oxygen atoms in total. The molecule has 4 heteroatoms. The fourth-order valence-corrected chi connectivity index (χ4v) is 1.66. The van der Waals surface area contributed by atoms with Gasteiger partial charge in [0.2, 0.25) is 5.95 Å². The Hall–Kier alpha value is -1.03. The van der Waals surface area contributed by atoms with Crippen molar-refractivity contribution in [2.75, 3.05) is 18.0 Å². The molecule has 0 aliphatic rings. The zero-order valence-corrected chi connectivity index (χ0v) is 9.98. The number of imidazole rings is 1. The van der Waals surface area contributed by atoms with Gasteiger partial charge in [-0.05, 0) is 33.7 Å². The summed E-state index contributed by atoms with van der Waals surface area (Å²) in [5.74, 6) is 1.06. The topological polar surface area (TPSA) is 47.1 Å². The summed E-state index contributed by atoms with van der Waals surface area (Å²) in [6.45, 7) is 9.17. The van der Waals surface area contributed by atoms with Crippen LogP contribution in [0.5, 0.6) is 0 Å². The molecule has 0 aliphatic carbocycles. The third-order valence-corrected chi connectivity index (χ3v) is 2.52. The fraction of sp³-hybridized carbons (Fsp3) is 0.727. The molecule has 0 saturated heterocycles. The number of hydrogen-bond donors (Lipinski definition) is 1. The Bertz CT molecular complexity index is 280. The summed E-state index contributed by atoms with van der Waals surface area (Å²) in [6.07, 6.45) is 4.89. The number of aromatic nitrogens is 2. The van der Waals surface area contributed by atoms with Crippen molar-refractivity contribution in [3.05, 3.63) is 12.4 Å². The van der Waals surface area contributed by atoms with E-state index in [9.17, 15) is 0 Å². The van der Waals surface area contributed by atoms with Crippen LogP contribution in [0.3, 0.4) is 0 Å². The van der Waals surface area contributed by atoms with Gasteiger partial charge in [0.05, 0.1) is 0 Å². The quantitative estimate of drug-likeness (QED) is 0.773. The van der Waals surface area contributed by atoms with E-state index in [1.54, 1.807) is 0 Å². The molecule has 0 spiro atoms. The van der Waals surface area contributed by atoms with Crippen molar-refractivity contribution in [1.82, 2.24) is 9.55 Å². The van der Waals surface area contributed by atoms with Crippen LogP contribution >= 0.6 is 0 Å². The summed E-state index contributed by atoms with van der Waals surface area (Å²) < 4.78 is 2.16. The molecule has 86 valence electrons. The largest absolute Gasteiger partial charge is 0.340 e. The Morgan fingerprint density at radius 2 is 2.27 bits per heavy atom. The van der Waals surface area contributed by atoms with Gasteiger partial charge in [0, 0.05) is 31.5 Å². The number of rotatable bonds is 6. The van der Waals surface area contributed by atoms with E-state index < -0.39 is 0 Å². The number of nitrogens with two attached hydrogens (primary N) is 1. The van der Waals surface area contributed by atoms with E-state index in [0.717, 1.165) is 32.0 Å². The van der Waals surface area contributed by atoms with Crippen LogP contribution in [-0.4, -0.2) is 28.7 Å².